The molecule has 0 bridgehead atoms. The van der Waals surface area contributed by atoms with Crippen molar-refractivity contribution >= 4 is 10.9 Å². The summed E-state index contributed by atoms with van der Waals surface area (Å²) in [6.45, 7) is 6.39. The molecule has 2 atom stereocenters. The van der Waals surface area contributed by atoms with Crippen molar-refractivity contribution in [3.8, 4) is 24.7 Å². The molecule has 0 saturated carbocycles. The van der Waals surface area contributed by atoms with Crippen LogP contribution in [0.1, 0.15) is 17.3 Å². The van der Waals surface area contributed by atoms with Crippen molar-refractivity contribution in [2.24, 2.45) is 0 Å². The monoisotopic (exact) mass is 289 g/mol. The van der Waals surface area contributed by atoms with E-state index >= 15 is 0 Å². The molecule has 2 aromatic rings. The SMILES string of the molecule is C#CCn1c2c(c3ccccc31)CC[N+](C)(CC#C)C2C=C. The first kappa shape index (κ1) is 14.5. The molecule has 2 nitrogen and oxygen atoms in total. The van der Waals surface area contributed by atoms with Gasteiger partial charge < -0.3 is 9.05 Å². The van der Waals surface area contributed by atoms with Crippen molar-refractivity contribution in [2.45, 2.75) is 19.0 Å². The Bertz CT molecular complexity index is 813. The van der Waals surface area contributed by atoms with Crippen LogP contribution in [0.3, 0.4) is 0 Å². The number of terminal acetylenes is 2. The van der Waals surface area contributed by atoms with Crippen LogP contribution in [-0.2, 0) is 13.0 Å². The number of nitrogens with zero attached hydrogens (tertiary/aromatic N) is 2. The second kappa shape index (κ2) is 5.41. The smallest absolute Gasteiger partial charge is 0.149 e. The minimum absolute atomic E-state index is 0.181. The van der Waals surface area contributed by atoms with Crippen LogP contribution in [0.15, 0.2) is 36.9 Å². The summed E-state index contributed by atoms with van der Waals surface area (Å²) in [6, 6.07) is 8.68. The Morgan fingerprint density at radius 3 is 2.82 bits per heavy atom. The summed E-state index contributed by atoms with van der Waals surface area (Å²) in [6.07, 6.45) is 14.3. The van der Waals surface area contributed by atoms with Gasteiger partial charge >= 0.3 is 0 Å². The average molecular weight is 289 g/mol. The van der Waals surface area contributed by atoms with Gasteiger partial charge in [-0.25, -0.2) is 0 Å². The Labute approximate surface area is 132 Å². The van der Waals surface area contributed by atoms with Gasteiger partial charge in [-0.15, -0.1) is 12.8 Å². The predicted octanol–water partition coefficient (Wildman–Crippen LogP) is 3.14. The first-order valence-electron chi connectivity index (χ1n) is 7.60. The Hall–Kier alpha value is -2.42. The van der Waals surface area contributed by atoms with E-state index in [0.29, 0.717) is 13.1 Å². The average Bonchev–Trinajstić information content (AvgIpc) is 2.82. The quantitative estimate of drug-likeness (QED) is 0.465. The molecular weight excluding hydrogens is 268 g/mol. The number of quaternary nitrogens is 1. The van der Waals surface area contributed by atoms with Crippen molar-refractivity contribution in [1.29, 1.82) is 0 Å². The zero-order valence-electron chi connectivity index (χ0n) is 13.0. The van der Waals surface area contributed by atoms with E-state index in [-0.39, 0.29) is 6.04 Å². The van der Waals surface area contributed by atoms with E-state index in [1.807, 2.05) is 6.08 Å². The highest BCUT2D eigenvalue weighted by Gasteiger charge is 2.40. The maximum Gasteiger partial charge on any atom is 0.149 e. The van der Waals surface area contributed by atoms with E-state index in [9.17, 15) is 0 Å². The van der Waals surface area contributed by atoms with Gasteiger partial charge in [0.1, 0.15) is 12.6 Å². The van der Waals surface area contributed by atoms with Crippen molar-refractivity contribution in [3.63, 3.8) is 0 Å². The maximum atomic E-state index is 5.62. The molecule has 22 heavy (non-hydrogen) atoms. The molecule has 0 radical (unpaired) electrons. The van der Waals surface area contributed by atoms with Crippen LogP contribution >= 0.6 is 0 Å². The zero-order valence-corrected chi connectivity index (χ0v) is 13.0. The van der Waals surface area contributed by atoms with Gasteiger partial charge in [-0.05, 0) is 23.6 Å². The number of aromatic nitrogens is 1. The third-order valence-corrected chi connectivity index (χ3v) is 4.87. The normalized spacial score (nSPS) is 23.5. The van der Waals surface area contributed by atoms with Crippen LogP contribution < -0.4 is 0 Å². The third-order valence-electron chi connectivity index (χ3n) is 4.87. The largest absolute Gasteiger partial charge is 0.327 e. The lowest BCUT2D eigenvalue weighted by Gasteiger charge is -2.42. The molecule has 110 valence electrons. The first-order valence-corrected chi connectivity index (χ1v) is 7.60. The number of hydrogen-bond acceptors (Lipinski definition) is 0. The summed E-state index contributed by atoms with van der Waals surface area (Å²) < 4.78 is 3.07. The van der Waals surface area contributed by atoms with Gasteiger partial charge in [0.25, 0.3) is 0 Å². The summed E-state index contributed by atoms with van der Waals surface area (Å²) in [5.74, 6) is 5.63. The van der Waals surface area contributed by atoms with Crippen LogP contribution in [0.25, 0.3) is 10.9 Å². The Balaban J connectivity index is 2.30. The van der Waals surface area contributed by atoms with Gasteiger partial charge in [0.15, 0.2) is 0 Å². The molecule has 0 fully saturated rings. The summed E-state index contributed by atoms with van der Waals surface area (Å²) >= 11 is 0. The number of benzene rings is 1. The number of fused-ring (bicyclic) bond motifs is 3. The summed E-state index contributed by atoms with van der Waals surface area (Å²) in [5.41, 5.74) is 3.91. The van der Waals surface area contributed by atoms with Crippen LogP contribution in [0, 0.1) is 24.7 Å². The van der Waals surface area contributed by atoms with E-state index in [1.54, 1.807) is 0 Å². The number of rotatable bonds is 3. The van der Waals surface area contributed by atoms with Crippen molar-refractivity contribution in [3.05, 3.63) is 48.2 Å². The molecule has 3 rings (SSSR count). The topological polar surface area (TPSA) is 4.93 Å². The summed E-state index contributed by atoms with van der Waals surface area (Å²) in [4.78, 5) is 0. The van der Waals surface area contributed by atoms with Gasteiger partial charge in [-0.3, -0.25) is 0 Å². The van der Waals surface area contributed by atoms with Gasteiger partial charge in [0.2, 0.25) is 0 Å². The van der Waals surface area contributed by atoms with E-state index < -0.39 is 0 Å². The van der Waals surface area contributed by atoms with Crippen LogP contribution in [0.4, 0.5) is 0 Å². The first-order chi connectivity index (χ1) is 10.7. The lowest BCUT2D eigenvalue weighted by molar-refractivity contribution is -0.928. The van der Waals surface area contributed by atoms with E-state index in [2.05, 4.69) is 54.3 Å². The number of likely N-dealkylation sites (N-methyl/N-ethyl adjacent to an activating group) is 1. The van der Waals surface area contributed by atoms with Gasteiger partial charge in [0.05, 0.1) is 25.8 Å². The molecule has 0 N–H and O–H groups in total. The fourth-order valence-corrected chi connectivity index (χ4v) is 3.81. The molecule has 2 heterocycles. The van der Waals surface area contributed by atoms with Crippen molar-refractivity contribution in [2.75, 3.05) is 20.1 Å². The highest BCUT2D eigenvalue weighted by Crippen LogP contribution is 2.40. The standard InChI is InChI=1S/C20H21N2/c1-5-13-21-18-11-9-8-10-16(18)17-12-15-22(4,14-6-2)19(7-3)20(17)21/h1-2,7-11,19H,3,12-15H2,4H3/q+1. The van der Waals surface area contributed by atoms with Crippen LogP contribution in [0.2, 0.25) is 0 Å². The second-order valence-electron chi connectivity index (χ2n) is 6.17. The van der Waals surface area contributed by atoms with Crippen LogP contribution in [0.5, 0.6) is 0 Å². The van der Waals surface area contributed by atoms with E-state index in [1.165, 1.54) is 22.2 Å². The Kier molecular flexibility index (Phi) is 3.57. The highest BCUT2D eigenvalue weighted by molar-refractivity contribution is 5.86. The minimum Gasteiger partial charge on any atom is -0.327 e. The van der Waals surface area contributed by atoms with Gasteiger partial charge in [0, 0.05) is 17.3 Å². The summed E-state index contributed by atoms with van der Waals surface area (Å²) in [5, 5.41) is 1.31. The van der Waals surface area contributed by atoms with Crippen LogP contribution in [-0.4, -0.2) is 29.2 Å². The molecule has 0 amide bonds. The Morgan fingerprint density at radius 1 is 1.36 bits per heavy atom. The number of para-hydroxylation sites is 1. The highest BCUT2D eigenvalue weighted by atomic mass is 15.4. The fraction of sp³-hybridized carbons (Fsp3) is 0.300. The van der Waals surface area contributed by atoms with Gasteiger partial charge in [-0.2, -0.15) is 0 Å². The summed E-state index contributed by atoms with van der Waals surface area (Å²) in [7, 11) is 2.22. The Morgan fingerprint density at radius 2 is 2.14 bits per heavy atom. The zero-order chi connectivity index (χ0) is 15.7. The molecule has 0 saturated heterocycles. The van der Waals surface area contributed by atoms with Crippen molar-refractivity contribution < 1.29 is 4.48 Å². The molecule has 0 spiro atoms. The molecule has 2 heteroatoms. The predicted molar refractivity (Wildman–Crippen MR) is 92.2 cm³/mol. The van der Waals surface area contributed by atoms with E-state index in [4.69, 9.17) is 12.8 Å². The lowest BCUT2D eigenvalue weighted by atomic mass is 9.95. The molecule has 1 aromatic carbocycles. The molecule has 1 aliphatic rings. The third kappa shape index (κ3) is 1.97. The molecular formula is C20H21N2+. The minimum atomic E-state index is 0.181. The lowest BCUT2D eigenvalue weighted by Crippen LogP contribution is -2.51. The molecule has 0 aliphatic carbocycles. The van der Waals surface area contributed by atoms with Crippen molar-refractivity contribution in [1.82, 2.24) is 4.57 Å². The second-order valence-corrected chi connectivity index (χ2v) is 6.17. The fourth-order valence-electron chi connectivity index (χ4n) is 3.81. The number of hydrogen-bond donors (Lipinski definition) is 0. The molecule has 1 aliphatic heterocycles. The van der Waals surface area contributed by atoms with Gasteiger partial charge in [-0.1, -0.05) is 30.7 Å². The van der Waals surface area contributed by atoms with E-state index in [0.717, 1.165) is 17.4 Å². The maximum absolute atomic E-state index is 5.62. The molecule has 1 aromatic heterocycles. The molecule has 2 unspecified atom stereocenters.